The molecule has 0 aromatic heterocycles. The summed E-state index contributed by atoms with van der Waals surface area (Å²) < 4.78 is 0. The van der Waals surface area contributed by atoms with Crippen molar-refractivity contribution >= 4 is 17.4 Å². The Morgan fingerprint density at radius 3 is 2.22 bits per heavy atom. The Morgan fingerprint density at radius 1 is 0.969 bits per heavy atom. The number of likely N-dealkylation sites (tertiary alicyclic amines) is 1. The topological polar surface area (TPSA) is 60.9 Å². The van der Waals surface area contributed by atoms with E-state index in [1.807, 2.05) is 63.2 Å². The summed E-state index contributed by atoms with van der Waals surface area (Å²) in [5.41, 5.74) is 4.56. The molecule has 1 heterocycles. The van der Waals surface area contributed by atoms with Crippen molar-refractivity contribution in [3.63, 3.8) is 0 Å². The number of aryl methyl sites for hydroxylation is 3. The van der Waals surface area contributed by atoms with Crippen LogP contribution in [0.2, 0.25) is 0 Å². The molecule has 0 bridgehead atoms. The fourth-order valence-corrected chi connectivity index (χ4v) is 4.35. The van der Waals surface area contributed by atoms with E-state index in [9.17, 15) is 14.7 Å². The van der Waals surface area contributed by atoms with E-state index >= 15 is 0 Å². The van der Waals surface area contributed by atoms with Crippen LogP contribution in [0.4, 0.5) is 0 Å². The molecule has 2 aromatic rings. The third kappa shape index (κ3) is 4.78. The van der Waals surface area contributed by atoms with E-state index in [0.717, 1.165) is 48.3 Å². The number of carbonyl (C=O) groups excluding carboxylic acids is 2. The van der Waals surface area contributed by atoms with E-state index in [1.165, 1.54) is 0 Å². The van der Waals surface area contributed by atoms with Gasteiger partial charge in [-0.15, -0.1) is 0 Å². The highest BCUT2D eigenvalue weighted by molar-refractivity contribution is 6.46. The zero-order valence-electron chi connectivity index (χ0n) is 19.8. The molecule has 170 valence electrons. The monoisotopic (exact) mass is 434 g/mol. The lowest BCUT2D eigenvalue weighted by atomic mass is 9.93. The maximum absolute atomic E-state index is 13.2. The first-order valence-electron chi connectivity index (χ1n) is 11.4. The number of nitrogens with zero attached hydrogens (tertiary/aromatic N) is 2. The zero-order chi connectivity index (χ0) is 23.4. The largest absolute Gasteiger partial charge is 0.507 e. The molecule has 1 N–H and O–H groups in total. The fraction of sp³-hybridized carbons (Fsp3) is 0.407. The molecule has 1 amide bonds. The minimum Gasteiger partial charge on any atom is -0.507 e. The molecule has 5 nitrogen and oxygen atoms in total. The van der Waals surface area contributed by atoms with Gasteiger partial charge in [0.25, 0.3) is 11.7 Å². The van der Waals surface area contributed by atoms with Crippen molar-refractivity contribution in [2.45, 2.75) is 47.1 Å². The maximum Gasteiger partial charge on any atom is 0.295 e. The maximum atomic E-state index is 13.2. The van der Waals surface area contributed by atoms with Gasteiger partial charge in [0.15, 0.2) is 0 Å². The number of rotatable bonds is 8. The van der Waals surface area contributed by atoms with E-state index < -0.39 is 17.7 Å². The smallest absolute Gasteiger partial charge is 0.295 e. The van der Waals surface area contributed by atoms with Crippen LogP contribution in [0.15, 0.2) is 48.0 Å². The van der Waals surface area contributed by atoms with Crippen LogP contribution >= 0.6 is 0 Å². The average Bonchev–Trinajstić information content (AvgIpc) is 3.03. The summed E-state index contributed by atoms with van der Waals surface area (Å²) in [5.74, 6) is -1.25. The summed E-state index contributed by atoms with van der Waals surface area (Å²) in [6.07, 6.45) is 0.764. The van der Waals surface area contributed by atoms with Gasteiger partial charge in [-0.3, -0.25) is 9.59 Å². The number of amides is 1. The highest BCUT2D eigenvalue weighted by atomic mass is 16.3. The molecule has 3 rings (SSSR count). The van der Waals surface area contributed by atoms with Gasteiger partial charge in [-0.05, 0) is 64.0 Å². The molecule has 1 aliphatic rings. The van der Waals surface area contributed by atoms with Gasteiger partial charge >= 0.3 is 0 Å². The Balaban J connectivity index is 2.06. The van der Waals surface area contributed by atoms with Crippen molar-refractivity contribution in [1.82, 2.24) is 9.80 Å². The Morgan fingerprint density at radius 2 is 1.59 bits per heavy atom. The van der Waals surface area contributed by atoms with Gasteiger partial charge in [0.1, 0.15) is 5.76 Å². The summed E-state index contributed by atoms with van der Waals surface area (Å²) in [6.45, 7) is 13.3. The van der Waals surface area contributed by atoms with Crippen LogP contribution in [0.25, 0.3) is 5.76 Å². The van der Waals surface area contributed by atoms with Crippen LogP contribution in [-0.2, 0) is 9.59 Å². The van der Waals surface area contributed by atoms with E-state index in [1.54, 1.807) is 4.90 Å². The zero-order valence-corrected chi connectivity index (χ0v) is 19.8. The Kier molecular flexibility index (Phi) is 7.52. The van der Waals surface area contributed by atoms with Crippen LogP contribution in [0.5, 0.6) is 0 Å². The quantitative estimate of drug-likeness (QED) is 0.369. The van der Waals surface area contributed by atoms with Crippen molar-refractivity contribution < 1.29 is 14.7 Å². The first-order valence-corrected chi connectivity index (χ1v) is 11.4. The van der Waals surface area contributed by atoms with Crippen molar-refractivity contribution in [2.75, 3.05) is 26.2 Å². The number of hydrogen-bond donors (Lipinski definition) is 1. The Hall–Kier alpha value is -2.92. The molecule has 1 fully saturated rings. The highest BCUT2D eigenvalue weighted by Gasteiger charge is 2.45. The van der Waals surface area contributed by atoms with Gasteiger partial charge in [0, 0.05) is 12.1 Å². The van der Waals surface area contributed by atoms with E-state index in [4.69, 9.17) is 0 Å². The molecular weight excluding hydrogens is 400 g/mol. The molecule has 32 heavy (non-hydrogen) atoms. The second-order valence-corrected chi connectivity index (χ2v) is 8.60. The Labute approximate surface area is 191 Å². The molecule has 1 aliphatic heterocycles. The minimum absolute atomic E-state index is 0.0960. The van der Waals surface area contributed by atoms with E-state index in [0.29, 0.717) is 12.1 Å². The standard InChI is InChI=1S/C27H34N2O3/c1-6-28(7-2)15-8-16-29-24(21-13-10-18(3)11-14-21)23(26(31)27(29)32)25(30)22-17-19(4)9-12-20(22)5/h9-14,17,24,30H,6-8,15-16H2,1-5H3/b25-23+. The summed E-state index contributed by atoms with van der Waals surface area (Å²) >= 11 is 0. The first-order chi connectivity index (χ1) is 15.3. The normalized spacial score (nSPS) is 18.1. The molecule has 2 aromatic carbocycles. The summed E-state index contributed by atoms with van der Waals surface area (Å²) in [4.78, 5) is 30.2. The van der Waals surface area contributed by atoms with Gasteiger partial charge in [0.2, 0.25) is 0 Å². The summed E-state index contributed by atoms with van der Waals surface area (Å²) in [6, 6.07) is 13.0. The number of carbonyl (C=O) groups is 2. The second-order valence-electron chi connectivity index (χ2n) is 8.60. The van der Waals surface area contributed by atoms with Gasteiger partial charge < -0.3 is 14.9 Å². The predicted molar refractivity (Wildman–Crippen MR) is 129 cm³/mol. The lowest BCUT2D eigenvalue weighted by Crippen LogP contribution is -2.33. The number of aliphatic hydroxyl groups is 1. The first kappa shape index (κ1) is 23.7. The summed E-state index contributed by atoms with van der Waals surface area (Å²) in [7, 11) is 0. The fourth-order valence-electron chi connectivity index (χ4n) is 4.35. The number of ketones is 1. The van der Waals surface area contributed by atoms with Crippen LogP contribution in [-0.4, -0.2) is 52.8 Å². The van der Waals surface area contributed by atoms with Crippen LogP contribution in [0, 0.1) is 20.8 Å². The van der Waals surface area contributed by atoms with Crippen LogP contribution in [0.1, 0.15) is 54.1 Å². The predicted octanol–water partition coefficient (Wildman–Crippen LogP) is 4.77. The number of benzene rings is 2. The van der Waals surface area contributed by atoms with Gasteiger partial charge in [-0.25, -0.2) is 0 Å². The average molecular weight is 435 g/mol. The van der Waals surface area contributed by atoms with Crippen LogP contribution in [0.3, 0.4) is 0 Å². The number of aliphatic hydroxyl groups excluding tert-OH is 1. The van der Waals surface area contributed by atoms with Crippen molar-refractivity contribution in [1.29, 1.82) is 0 Å². The Bertz CT molecular complexity index is 1020. The molecule has 1 saturated heterocycles. The molecule has 0 radical (unpaired) electrons. The van der Waals surface area contributed by atoms with Crippen molar-refractivity contribution in [2.24, 2.45) is 0 Å². The van der Waals surface area contributed by atoms with Crippen LogP contribution < -0.4 is 0 Å². The lowest BCUT2D eigenvalue weighted by Gasteiger charge is -2.27. The second kappa shape index (κ2) is 10.1. The third-order valence-corrected chi connectivity index (χ3v) is 6.35. The molecule has 0 saturated carbocycles. The summed E-state index contributed by atoms with van der Waals surface area (Å²) in [5, 5.41) is 11.3. The van der Waals surface area contributed by atoms with Crippen molar-refractivity contribution in [3.05, 3.63) is 75.9 Å². The molecule has 1 unspecified atom stereocenters. The van der Waals surface area contributed by atoms with E-state index in [-0.39, 0.29) is 11.3 Å². The molecule has 5 heteroatoms. The number of Topliss-reactive ketones (excluding diaryl/α,β-unsaturated/α-hetero) is 1. The molecular formula is C27H34N2O3. The molecule has 0 spiro atoms. The SMILES string of the molecule is CCN(CC)CCCN1C(=O)C(=O)/C(=C(/O)c2cc(C)ccc2C)C1c1ccc(C)cc1. The number of hydrogen-bond acceptors (Lipinski definition) is 4. The van der Waals surface area contributed by atoms with Crippen molar-refractivity contribution in [3.8, 4) is 0 Å². The highest BCUT2D eigenvalue weighted by Crippen LogP contribution is 2.40. The van der Waals surface area contributed by atoms with Gasteiger partial charge in [-0.2, -0.15) is 0 Å². The van der Waals surface area contributed by atoms with Gasteiger partial charge in [-0.1, -0.05) is 61.4 Å². The van der Waals surface area contributed by atoms with Gasteiger partial charge in [0.05, 0.1) is 11.6 Å². The lowest BCUT2D eigenvalue weighted by molar-refractivity contribution is -0.140. The molecule has 0 aliphatic carbocycles. The van der Waals surface area contributed by atoms with E-state index in [2.05, 4.69) is 18.7 Å². The third-order valence-electron chi connectivity index (χ3n) is 6.35. The minimum atomic E-state index is -0.614. The molecule has 1 atom stereocenters.